The van der Waals surface area contributed by atoms with E-state index in [4.69, 9.17) is 0 Å². The minimum absolute atomic E-state index is 0.396. The monoisotopic (exact) mass is 286 g/mol. The molecule has 0 aromatic heterocycles. The lowest BCUT2D eigenvalue weighted by atomic mass is 9.71. The van der Waals surface area contributed by atoms with Crippen LogP contribution < -0.4 is 0 Å². The molecular formula is C18H26N2O. The molecule has 2 aliphatic rings. The molecule has 1 heterocycles. The van der Waals surface area contributed by atoms with Crippen LogP contribution in [0.1, 0.15) is 44.1 Å². The Bertz CT molecular complexity index is 467. The van der Waals surface area contributed by atoms with Crippen LogP contribution in [0.25, 0.3) is 0 Å². The van der Waals surface area contributed by atoms with Crippen molar-refractivity contribution in [3.05, 3.63) is 35.9 Å². The van der Waals surface area contributed by atoms with Gasteiger partial charge in [-0.3, -0.25) is 4.99 Å². The van der Waals surface area contributed by atoms with Gasteiger partial charge in [0, 0.05) is 13.1 Å². The van der Waals surface area contributed by atoms with Crippen LogP contribution in [0.5, 0.6) is 0 Å². The quantitative estimate of drug-likeness (QED) is 0.902. The number of hydrogen-bond donors (Lipinski definition) is 1. The highest BCUT2D eigenvalue weighted by Gasteiger charge is 2.38. The first kappa shape index (κ1) is 14.6. The van der Waals surface area contributed by atoms with Crippen molar-refractivity contribution in [2.75, 3.05) is 19.6 Å². The summed E-state index contributed by atoms with van der Waals surface area (Å²) in [5, 5.41) is 11.5. The van der Waals surface area contributed by atoms with Crippen LogP contribution in [0.3, 0.4) is 0 Å². The number of benzene rings is 1. The fourth-order valence-electron chi connectivity index (χ4n) is 3.79. The Morgan fingerprint density at radius 2 is 1.90 bits per heavy atom. The average molecular weight is 286 g/mol. The van der Waals surface area contributed by atoms with E-state index in [-0.39, 0.29) is 0 Å². The molecule has 1 aliphatic heterocycles. The SMILES string of the molecule is OC(CCN1C=NCC1)(c1ccccc1)C1CCCCC1. The first-order valence-corrected chi connectivity index (χ1v) is 8.31. The molecule has 3 rings (SSSR count). The summed E-state index contributed by atoms with van der Waals surface area (Å²) in [5.74, 6) is 0.396. The van der Waals surface area contributed by atoms with Crippen molar-refractivity contribution in [2.24, 2.45) is 10.9 Å². The highest BCUT2D eigenvalue weighted by atomic mass is 16.3. The van der Waals surface area contributed by atoms with Crippen molar-refractivity contribution in [2.45, 2.75) is 44.1 Å². The Kier molecular flexibility index (Phi) is 4.59. The molecule has 3 nitrogen and oxygen atoms in total. The molecule has 1 saturated carbocycles. The Hall–Kier alpha value is -1.35. The van der Waals surface area contributed by atoms with Crippen molar-refractivity contribution >= 4 is 6.34 Å². The lowest BCUT2D eigenvalue weighted by Gasteiger charge is -2.40. The van der Waals surface area contributed by atoms with E-state index in [1.807, 2.05) is 24.5 Å². The van der Waals surface area contributed by atoms with E-state index in [9.17, 15) is 5.11 Å². The summed E-state index contributed by atoms with van der Waals surface area (Å²) < 4.78 is 0. The van der Waals surface area contributed by atoms with Gasteiger partial charge in [-0.25, -0.2) is 0 Å². The maximum atomic E-state index is 11.5. The third-order valence-electron chi connectivity index (χ3n) is 5.10. The van der Waals surface area contributed by atoms with Crippen LogP contribution in [0.4, 0.5) is 0 Å². The van der Waals surface area contributed by atoms with Gasteiger partial charge in [0.25, 0.3) is 0 Å². The Morgan fingerprint density at radius 1 is 1.14 bits per heavy atom. The van der Waals surface area contributed by atoms with Crippen LogP contribution in [-0.2, 0) is 5.60 Å². The number of aliphatic imine (C=N–C) groups is 1. The third kappa shape index (κ3) is 3.29. The van der Waals surface area contributed by atoms with E-state index in [2.05, 4.69) is 22.0 Å². The third-order valence-corrected chi connectivity index (χ3v) is 5.10. The zero-order valence-corrected chi connectivity index (χ0v) is 12.7. The molecule has 1 aromatic rings. The maximum absolute atomic E-state index is 11.5. The van der Waals surface area contributed by atoms with E-state index >= 15 is 0 Å². The molecule has 0 amide bonds. The summed E-state index contributed by atoms with van der Waals surface area (Å²) >= 11 is 0. The van der Waals surface area contributed by atoms with E-state index in [1.54, 1.807) is 0 Å². The summed E-state index contributed by atoms with van der Waals surface area (Å²) in [4.78, 5) is 6.50. The summed E-state index contributed by atoms with van der Waals surface area (Å²) in [6.07, 6.45) is 8.87. The van der Waals surface area contributed by atoms with Crippen molar-refractivity contribution in [3.8, 4) is 0 Å². The second-order valence-electron chi connectivity index (χ2n) is 6.43. The summed E-state index contributed by atoms with van der Waals surface area (Å²) in [6, 6.07) is 10.3. The molecule has 114 valence electrons. The fourth-order valence-corrected chi connectivity index (χ4v) is 3.79. The van der Waals surface area contributed by atoms with Crippen molar-refractivity contribution in [1.29, 1.82) is 0 Å². The Balaban J connectivity index is 1.77. The standard InChI is InChI=1S/C18H26N2O/c21-18(16-7-3-1-4-8-16,17-9-5-2-6-10-17)11-13-20-14-12-19-15-20/h1,3-4,7-8,15,17,21H,2,5-6,9-14H2. The lowest BCUT2D eigenvalue weighted by molar-refractivity contribution is -0.0487. The van der Waals surface area contributed by atoms with E-state index in [0.717, 1.165) is 44.5 Å². The van der Waals surface area contributed by atoms with Gasteiger partial charge in [0.15, 0.2) is 0 Å². The molecule has 0 bridgehead atoms. The van der Waals surface area contributed by atoms with Crippen LogP contribution in [0.2, 0.25) is 0 Å². The summed E-state index contributed by atoms with van der Waals surface area (Å²) in [5.41, 5.74) is 0.408. The van der Waals surface area contributed by atoms with E-state index in [1.165, 1.54) is 19.3 Å². The van der Waals surface area contributed by atoms with Crippen molar-refractivity contribution < 1.29 is 5.11 Å². The molecule has 0 spiro atoms. The van der Waals surface area contributed by atoms with E-state index < -0.39 is 5.60 Å². The topological polar surface area (TPSA) is 35.8 Å². The number of nitrogens with zero attached hydrogens (tertiary/aromatic N) is 2. The minimum atomic E-state index is -0.682. The minimum Gasteiger partial charge on any atom is -0.385 e. The van der Waals surface area contributed by atoms with Crippen LogP contribution in [-0.4, -0.2) is 36.0 Å². The van der Waals surface area contributed by atoms with Gasteiger partial charge in [-0.1, -0.05) is 49.6 Å². The molecule has 1 N–H and O–H groups in total. The van der Waals surface area contributed by atoms with Gasteiger partial charge >= 0.3 is 0 Å². The smallest absolute Gasteiger partial charge is 0.0941 e. The average Bonchev–Trinajstić information content (AvgIpc) is 3.08. The normalized spacial score (nSPS) is 22.4. The first-order chi connectivity index (χ1) is 10.3. The highest BCUT2D eigenvalue weighted by molar-refractivity contribution is 5.56. The fraction of sp³-hybridized carbons (Fsp3) is 0.611. The molecule has 1 aliphatic carbocycles. The van der Waals surface area contributed by atoms with Gasteiger partial charge in [-0.05, 0) is 30.7 Å². The van der Waals surface area contributed by atoms with Gasteiger partial charge in [0.05, 0.1) is 18.5 Å². The van der Waals surface area contributed by atoms with Gasteiger partial charge < -0.3 is 10.0 Å². The molecule has 0 radical (unpaired) electrons. The highest BCUT2D eigenvalue weighted by Crippen LogP contribution is 2.41. The van der Waals surface area contributed by atoms with E-state index in [0.29, 0.717) is 5.92 Å². The second kappa shape index (κ2) is 6.61. The molecule has 21 heavy (non-hydrogen) atoms. The first-order valence-electron chi connectivity index (χ1n) is 8.31. The summed E-state index contributed by atoms with van der Waals surface area (Å²) in [6.45, 7) is 2.79. The van der Waals surface area contributed by atoms with Crippen LogP contribution in [0, 0.1) is 5.92 Å². The zero-order chi connectivity index (χ0) is 14.5. The zero-order valence-electron chi connectivity index (χ0n) is 12.7. The lowest BCUT2D eigenvalue weighted by Crippen LogP contribution is -2.39. The Labute approximate surface area is 127 Å². The predicted molar refractivity (Wildman–Crippen MR) is 86.5 cm³/mol. The number of rotatable bonds is 5. The maximum Gasteiger partial charge on any atom is 0.0941 e. The molecular weight excluding hydrogens is 260 g/mol. The molecule has 0 saturated heterocycles. The molecule has 3 heteroatoms. The Morgan fingerprint density at radius 3 is 2.57 bits per heavy atom. The molecule has 1 aromatic carbocycles. The van der Waals surface area contributed by atoms with Gasteiger partial charge in [0.1, 0.15) is 0 Å². The van der Waals surface area contributed by atoms with Crippen molar-refractivity contribution in [3.63, 3.8) is 0 Å². The van der Waals surface area contributed by atoms with Gasteiger partial charge in [-0.15, -0.1) is 0 Å². The molecule has 1 atom stereocenters. The van der Waals surface area contributed by atoms with Crippen LogP contribution in [0.15, 0.2) is 35.3 Å². The molecule has 1 fully saturated rings. The largest absolute Gasteiger partial charge is 0.385 e. The van der Waals surface area contributed by atoms with Gasteiger partial charge in [0.2, 0.25) is 0 Å². The van der Waals surface area contributed by atoms with Crippen LogP contribution >= 0.6 is 0 Å². The molecule has 1 unspecified atom stereocenters. The number of aliphatic hydroxyl groups is 1. The van der Waals surface area contributed by atoms with Gasteiger partial charge in [-0.2, -0.15) is 0 Å². The second-order valence-corrected chi connectivity index (χ2v) is 6.43. The predicted octanol–water partition coefficient (Wildman–Crippen LogP) is 3.19. The number of hydrogen-bond acceptors (Lipinski definition) is 3. The van der Waals surface area contributed by atoms with Crippen molar-refractivity contribution in [1.82, 2.24) is 4.90 Å². The summed E-state index contributed by atoms with van der Waals surface area (Å²) in [7, 11) is 0.